The Kier molecular flexibility index (Phi) is 5.79. The highest BCUT2D eigenvalue weighted by atomic mass is 16.3. The van der Waals surface area contributed by atoms with Crippen molar-refractivity contribution in [3.05, 3.63) is 17.5 Å². The number of aromatic amines is 1. The minimum absolute atomic E-state index is 0.114. The molecule has 1 fully saturated rings. The normalized spacial score (nSPS) is 18.3. The Morgan fingerprint density at radius 1 is 1.38 bits per heavy atom. The summed E-state index contributed by atoms with van der Waals surface area (Å²) in [6, 6.07) is 0. The molecule has 0 aliphatic carbocycles. The van der Waals surface area contributed by atoms with Gasteiger partial charge in [0.1, 0.15) is 0 Å². The number of aromatic nitrogens is 2. The zero-order chi connectivity index (χ0) is 15.3. The smallest absolute Gasteiger partial charge is 0.0558 e. The van der Waals surface area contributed by atoms with Gasteiger partial charge in [-0.3, -0.25) is 5.10 Å². The highest BCUT2D eigenvalue weighted by molar-refractivity contribution is 5.23. The highest BCUT2D eigenvalue weighted by Gasteiger charge is 2.21. The van der Waals surface area contributed by atoms with Crippen LogP contribution in [0.15, 0.2) is 6.20 Å². The molecule has 1 aromatic heterocycles. The Morgan fingerprint density at radius 3 is 2.71 bits per heavy atom. The zero-order valence-electron chi connectivity index (χ0n) is 13.7. The lowest BCUT2D eigenvalue weighted by Crippen LogP contribution is -2.38. The van der Waals surface area contributed by atoms with Gasteiger partial charge in [0.15, 0.2) is 0 Å². The van der Waals surface area contributed by atoms with Gasteiger partial charge < -0.3 is 15.3 Å². The second-order valence-electron chi connectivity index (χ2n) is 7.16. The molecule has 0 aromatic carbocycles. The van der Waals surface area contributed by atoms with E-state index in [0.717, 1.165) is 38.6 Å². The van der Waals surface area contributed by atoms with E-state index in [-0.39, 0.29) is 12.0 Å². The number of nitrogens with one attached hydrogen (secondary N) is 2. The average Bonchev–Trinajstić information content (AvgIpc) is 2.90. The van der Waals surface area contributed by atoms with E-state index < -0.39 is 0 Å². The number of β-amino-alcohol motifs (C(OH)–C–C–N with tert-alkyl or cyclic N) is 1. The summed E-state index contributed by atoms with van der Waals surface area (Å²) in [6.45, 7) is 11.9. The second-order valence-corrected chi connectivity index (χ2v) is 7.16. The molecule has 1 aliphatic rings. The number of hydrogen-bond acceptors (Lipinski definition) is 4. The van der Waals surface area contributed by atoms with E-state index in [1.165, 1.54) is 24.1 Å². The van der Waals surface area contributed by atoms with E-state index in [9.17, 15) is 0 Å². The summed E-state index contributed by atoms with van der Waals surface area (Å²) >= 11 is 0. The molecule has 0 spiro atoms. The van der Waals surface area contributed by atoms with Crippen molar-refractivity contribution in [2.24, 2.45) is 5.92 Å². The lowest BCUT2D eigenvalue weighted by Gasteiger charge is -2.31. The predicted octanol–water partition coefficient (Wildman–Crippen LogP) is 1.50. The van der Waals surface area contributed by atoms with Crippen LogP contribution in [-0.2, 0) is 12.0 Å². The fourth-order valence-corrected chi connectivity index (χ4v) is 3.06. The summed E-state index contributed by atoms with van der Waals surface area (Å²) in [5, 5.41) is 19.9. The number of hydrogen-bond donors (Lipinski definition) is 3. The van der Waals surface area contributed by atoms with Gasteiger partial charge in [0.2, 0.25) is 0 Å². The first-order chi connectivity index (χ1) is 10.0. The van der Waals surface area contributed by atoms with E-state index in [4.69, 9.17) is 5.11 Å². The van der Waals surface area contributed by atoms with Crippen LogP contribution in [-0.4, -0.2) is 53.0 Å². The molecule has 21 heavy (non-hydrogen) atoms. The largest absolute Gasteiger partial charge is 0.395 e. The monoisotopic (exact) mass is 294 g/mol. The van der Waals surface area contributed by atoms with Gasteiger partial charge in [-0.2, -0.15) is 5.10 Å². The van der Waals surface area contributed by atoms with Crippen LogP contribution < -0.4 is 5.32 Å². The molecule has 0 radical (unpaired) electrons. The number of likely N-dealkylation sites (tertiary alicyclic amines) is 1. The maximum absolute atomic E-state index is 8.96. The molecule has 5 heteroatoms. The fourth-order valence-electron chi connectivity index (χ4n) is 3.06. The summed E-state index contributed by atoms with van der Waals surface area (Å²) in [7, 11) is 0. The van der Waals surface area contributed by atoms with Crippen LogP contribution >= 0.6 is 0 Å². The van der Waals surface area contributed by atoms with Gasteiger partial charge in [0.25, 0.3) is 0 Å². The van der Waals surface area contributed by atoms with Gasteiger partial charge in [-0.15, -0.1) is 0 Å². The molecule has 2 heterocycles. The van der Waals surface area contributed by atoms with Gasteiger partial charge in [0.05, 0.1) is 12.8 Å². The average molecular weight is 294 g/mol. The molecule has 3 N–H and O–H groups in total. The molecular weight excluding hydrogens is 264 g/mol. The molecule has 120 valence electrons. The lowest BCUT2D eigenvalue weighted by molar-refractivity contribution is 0.146. The second kappa shape index (κ2) is 7.38. The molecule has 0 unspecified atom stereocenters. The van der Waals surface area contributed by atoms with E-state index >= 15 is 0 Å². The van der Waals surface area contributed by atoms with Gasteiger partial charge in [0, 0.05) is 29.8 Å². The third-order valence-electron chi connectivity index (χ3n) is 4.34. The Hall–Kier alpha value is -0.910. The molecule has 0 atom stereocenters. The first-order valence-electron chi connectivity index (χ1n) is 8.07. The molecular formula is C16H30N4O. The maximum atomic E-state index is 8.96. The van der Waals surface area contributed by atoms with Crippen molar-refractivity contribution in [1.82, 2.24) is 20.4 Å². The summed E-state index contributed by atoms with van der Waals surface area (Å²) < 4.78 is 0. The first kappa shape index (κ1) is 16.5. The van der Waals surface area contributed by atoms with Gasteiger partial charge >= 0.3 is 0 Å². The van der Waals surface area contributed by atoms with E-state index in [0.29, 0.717) is 0 Å². The number of rotatable bonds is 6. The van der Waals surface area contributed by atoms with Gasteiger partial charge in [-0.25, -0.2) is 0 Å². The van der Waals surface area contributed by atoms with E-state index in [2.05, 4.69) is 41.2 Å². The van der Waals surface area contributed by atoms with Crippen molar-refractivity contribution in [2.75, 3.05) is 32.8 Å². The quantitative estimate of drug-likeness (QED) is 0.744. The molecule has 2 rings (SSSR count). The molecule has 0 amide bonds. The molecule has 1 aliphatic heterocycles. The fraction of sp³-hybridized carbons (Fsp3) is 0.812. The molecule has 1 aromatic rings. The van der Waals surface area contributed by atoms with E-state index in [1.807, 2.05) is 6.20 Å². The van der Waals surface area contributed by atoms with E-state index in [1.54, 1.807) is 0 Å². The summed E-state index contributed by atoms with van der Waals surface area (Å²) in [5.74, 6) is 0.755. The Balaban J connectivity index is 1.72. The molecule has 0 bridgehead atoms. The Bertz CT molecular complexity index is 416. The standard InChI is InChI=1S/C16H30N4O/c1-16(2,3)15-14(12-18-19-15)11-17-10-13-4-6-20(7-5-13)8-9-21/h12-13,17,21H,4-11H2,1-3H3,(H,18,19). The predicted molar refractivity (Wildman–Crippen MR) is 85.2 cm³/mol. The first-order valence-corrected chi connectivity index (χ1v) is 8.07. The van der Waals surface area contributed by atoms with Crippen molar-refractivity contribution in [3.8, 4) is 0 Å². The topological polar surface area (TPSA) is 64.2 Å². The number of piperidine rings is 1. The lowest BCUT2D eigenvalue weighted by atomic mass is 9.89. The SMILES string of the molecule is CC(C)(C)c1[nH]ncc1CNCC1CCN(CCO)CC1. The van der Waals surface area contributed by atoms with Crippen LogP contribution in [0, 0.1) is 5.92 Å². The van der Waals surface area contributed by atoms with Crippen molar-refractivity contribution in [1.29, 1.82) is 0 Å². The van der Waals surface area contributed by atoms with Crippen molar-refractivity contribution in [3.63, 3.8) is 0 Å². The van der Waals surface area contributed by atoms with Crippen LogP contribution in [0.5, 0.6) is 0 Å². The highest BCUT2D eigenvalue weighted by Crippen LogP contribution is 2.23. The van der Waals surface area contributed by atoms with Crippen LogP contribution in [0.2, 0.25) is 0 Å². The number of aliphatic hydroxyl groups is 1. The Morgan fingerprint density at radius 2 is 2.10 bits per heavy atom. The van der Waals surface area contributed by atoms with Crippen LogP contribution in [0.25, 0.3) is 0 Å². The third-order valence-corrected chi connectivity index (χ3v) is 4.34. The van der Waals surface area contributed by atoms with Crippen LogP contribution in [0.3, 0.4) is 0 Å². The minimum Gasteiger partial charge on any atom is -0.395 e. The van der Waals surface area contributed by atoms with Gasteiger partial charge in [-0.05, 0) is 38.4 Å². The van der Waals surface area contributed by atoms with Crippen molar-refractivity contribution in [2.45, 2.75) is 45.6 Å². The minimum atomic E-state index is 0.114. The van der Waals surface area contributed by atoms with Crippen molar-refractivity contribution < 1.29 is 5.11 Å². The Labute approximate surface area is 128 Å². The molecule has 5 nitrogen and oxygen atoms in total. The third kappa shape index (κ3) is 4.80. The summed E-state index contributed by atoms with van der Waals surface area (Å²) in [4.78, 5) is 2.35. The molecule has 0 saturated carbocycles. The van der Waals surface area contributed by atoms with Crippen LogP contribution in [0.4, 0.5) is 0 Å². The zero-order valence-corrected chi connectivity index (χ0v) is 13.7. The maximum Gasteiger partial charge on any atom is 0.0558 e. The van der Waals surface area contributed by atoms with Crippen molar-refractivity contribution >= 4 is 0 Å². The van der Waals surface area contributed by atoms with Crippen LogP contribution in [0.1, 0.15) is 44.9 Å². The summed E-state index contributed by atoms with van der Waals surface area (Å²) in [5.41, 5.74) is 2.62. The number of nitrogens with zero attached hydrogens (tertiary/aromatic N) is 2. The van der Waals surface area contributed by atoms with Gasteiger partial charge in [-0.1, -0.05) is 20.8 Å². The number of aliphatic hydroxyl groups excluding tert-OH is 1. The summed E-state index contributed by atoms with van der Waals surface area (Å²) in [6.07, 6.45) is 4.40. The number of H-pyrrole nitrogens is 1. The molecule has 1 saturated heterocycles.